The van der Waals surface area contributed by atoms with Crippen molar-refractivity contribution in [1.82, 2.24) is 19.7 Å². The number of likely N-dealkylation sites (tertiary alicyclic amines) is 1. The van der Waals surface area contributed by atoms with Crippen LogP contribution in [0.3, 0.4) is 0 Å². The van der Waals surface area contributed by atoms with E-state index in [1.54, 1.807) is 18.9 Å². The molecule has 1 aromatic heterocycles. The van der Waals surface area contributed by atoms with Gasteiger partial charge in [0.2, 0.25) is 5.91 Å². The monoisotopic (exact) mass is 344 g/mol. The Morgan fingerprint density at radius 3 is 2.72 bits per heavy atom. The summed E-state index contributed by atoms with van der Waals surface area (Å²) < 4.78 is 12.5. The topological polar surface area (TPSA) is 69.5 Å². The lowest BCUT2D eigenvalue weighted by molar-refractivity contribution is -0.133. The van der Waals surface area contributed by atoms with Crippen LogP contribution in [0.15, 0.2) is 18.2 Å². The fourth-order valence-electron chi connectivity index (χ4n) is 3.42. The summed E-state index contributed by atoms with van der Waals surface area (Å²) in [6.45, 7) is 4.62. The Hall–Kier alpha value is -2.57. The second-order valence-corrected chi connectivity index (χ2v) is 6.22. The Labute approximate surface area is 147 Å². The van der Waals surface area contributed by atoms with Crippen molar-refractivity contribution in [3.05, 3.63) is 35.4 Å². The lowest BCUT2D eigenvalue weighted by Gasteiger charge is -2.26. The van der Waals surface area contributed by atoms with Gasteiger partial charge in [-0.25, -0.2) is 9.67 Å². The highest BCUT2D eigenvalue weighted by molar-refractivity contribution is 5.77. The summed E-state index contributed by atoms with van der Waals surface area (Å²) in [5, 5.41) is 4.29. The second kappa shape index (κ2) is 7.13. The number of amides is 1. The van der Waals surface area contributed by atoms with E-state index in [1.807, 2.05) is 36.9 Å². The van der Waals surface area contributed by atoms with Crippen LogP contribution in [-0.4, -0.2) is 46.3 Å². The molecule has 1 amide bonds. The fraction of sp³-hybridized carbons (Fsp3) is 0.500. The molecular weight excluding hydrogens is 320 g/mol. The molecular formula is C18H24N4O3. The molecule has 2 heterocycles. The number of rotatable bonds is 5. The molecule has 0 unspecified atom stereocenters. The van der Waals surface area contributed by atoms with Crippen molar-refractivity contribution >= 4 is 5.91 Å². The normalized spacial score (nSPS) is 17.0. The van der Waals surface area contributed by atoms with Gasteiger partial charge in [0.05, 0.1) is 20.3 Å². The summed E-state index contributed by atoms with van der Waals surface area (Å²) in [5.41, 5.74) is 0.985. The van der Waals surface area contributed by atoms with Crippen LogP contribution in [0, 0.1) is 13.8 Å². The van der Waals surface area contributed by atoms with Crippen molar-refractivity contribution in [2.24, 2.45) is 0 Å². The number of hydrogen-bond donors (Lipinski definition) is 0. The summed E-state index contributed by atoms with van der Waals surface area (Å²) in [6.07, 6.45) is 1.87. The summed E-state index contributed by atoms with van der Waals surface area (Å²) in [4.78, 5) is 19.1. The van der Waals surface area contributed by atoms with Gasteiger partial charge >= 0.3 is 0 Å². The van der Waals surface area contributed by atoms with Gasteiger partial charge in [0, 0.05) is 12.1 Å². The van der Waals surface area contributed by atoms with E-state index in [2.05, 4.69) is 10.1 Å². The second-order valence-electron chi connectivity index (χ2n) is 6.22. The van der Waals surface area contributed by atoms with Crippen molar-refractivity contribution in [3.63, 3.8) is 0 Å². The highest BCUT2D eigenvalue weighted by atomic mass is 16.5. The molecule has 0 saturated carbocycles. The van der Waals surface area contributed by atoms with Gasteiger partial charge in [-0.1, -0.05) is 0 Å². The number of aromatic nitrogens is 3. The van der Waals surface area contributed by atoms with Crippen LogP contribution < -0.4 is 9.47 Å². The van der Waals surface area contributed by atoms with E-state index in [0.717, 1.165) is 42.3 Å². The molecule has 2 aromatic rings. The first-order valence-corrected chi connectivity index (χ1v) is 8.43. The molecule has 25 heavy (non-hydrogen) atoms. The molecule has 0 N–H and O–H groups in total. The Morgan fingerprint density at radius 2 is 2.08 bits per heavy atom. The zero-order valence-corrected chi connectivity index (χ0v) is 15.2. The van der Waals surface area contributed by atoms with Crippen molar-refractivity contribution < 1.29 is 14.3 Å². The smallest absolute Gasteiger partial charge is 0.244 e. The predicted molar refractivity (Wildman–Crippen MR) is 92.7 cm³/mol. The summed E-state index contributed by atoms with van der Waals surface area (Å²) in [6, 6.07) is 5.70. The molecule has 1 atom stereocenters. The zero-order chi connectivity index (χ0) is 18.0. The van der Waals surface area contributed by atoms with Crippen LogP contribution in [0.4, 0.5) is 0 Å². The maximum Gasteiger partial charge on any atom is 0.244 e. The summed E-state index contributed by atoms with van der Waals surface area (Å²) in [5.74, 6) is 3.01. The van der Waals surface area contributed by atoms with Crippen LogP contribution in [0.1, 0.15) is 36.1 Å². The molecule has 0 aliphatic carbocycles. The van der Waals surface area contributed by atoms with E-state index in [1.165, 1.54) is 0 Å². The minimum Gasteiger partial charge on any atom is -0.497 e. The van der Waals surface area contributed by atoms with Crippen molar-refractivity contribution in [3.8, 4) is 11.5 Å². The molecule has 0 radical (unpaired) electrons. The number of carbonyl (C=O) groups is 1. The molecule has 7 heteroatoms. The van der Waals surface area contributed by atoms with Crippen LogP contribution >= 0.6 is 0 Å². The van der Waals surface area contributed by atoms with Gasteiger partial charge in [-0.2, -0.15) is 5.10 Å². The Morgan fingerprint density at radius 1 is 1.28 bits per heavy atom. The maximum absolute atomic E-state index is 12.9. The van der Waals surface area contributed by atoms with E-state index in [4.69, 9.17) is 9.47 Å². The zero-order valence-electron chi connectivity index (χ0n) is 15.2. The first-order valence-electron chi connectivity index (χ1n) is 8.43. The third kappa shape index (κ3) is 3.45. The quantitative estimate of drug-likeness (QED) is 0.832. The Kier molecular flexibility index (Phi) is 4.92. The van der Waals surface area contributed by atoms with Crippen LogP contribution in [-0.2, 0) is 11.3 Å². The van der Waals surface area contributed by atoms with Crippen molar-refractivity contribution in [2.45, 2.75) is 39.3 Å². The molecule has 7 nitrogen and oxygen atoms in total. The average Bonchev–Trinajstić information content (AvgIpc) is 3.21. The number of carbonyl (C=O) groups excluding carboxylic acids is 1. The molecule has 1 saturated heterocycles. The largest absolute Gasteiger partial charge is 0.497 e. The van der Waals surface area contributed by atoms with E-state index in [9.17, 15) is 4.79 Å². The predicted octanol–water partition coefficient (Wildman–Crippen LogP) is 2.28. The van der Waals surface area contributed by atoms with Crippen LogP contribution in [0.2, 0.25) is 0 Å². The minimum atomic E-state index is -0.0116. The minimum absolute atomic E-state index is 0.0116. The number of methoxy groups -OCH3 is 2. The highest BCUT2D eigenvalue weighted by Crippen LogP contribution is 2.39. The SMILES string of the molecule is COc1ccc(OC)c([C@@H]2CCCN2C(=O)Cn2nc(C)nc2C)c1. The number of ether oxygens (including phenoxy) is 2. The first-order chi connectivity index (χ1) is 12.0. The highest BCUT2D eigenvalue weighted by Gasteiger charge is 2.32. The van der Waals surface area contributed by atoms with E-state index in [0.29, 0.717) is 5.82 Å². The Balaban J connectivity index is 1.85. The van der Waals surface area contributed by atoms with Gasteiger partial charge < -0.3 is 14.4 Å². The molecule has 1 aromatic carbocycles. The third-order valence-electron chi connectivity index (χ3n) is 4.62. The Bertz CT molecular complexity index is 772. The fourth-order valence-corrected chi connectivity index (χ4v) is 3.42. The maximum atomic E-state index is 12.9. The van der Waals surface area contributed by atoms with E-state index >= 15 is 0 Å². The molecule has 1 fully saturated rings. The van der Waals surface area contributed by atoms with E-state index < -0.39 is 0 Å². The third-order valence-corrected chi connectivity index (χ3v) is 4.62. The molecule has 1 aliphatic heterocycles. The van der Waals surface area contributed by atoms with Gasteiger partial charge in [0.15, 0.2) is 0 Å². The number of hydrogen-bond acceptors (Lipinski definition) is 5. The summed E-state index contributed by atoms with van der Waals surface area (Å²) in [7, 11) is 3.28. The molecule has 3 rings (SSSR count). The van der Waals surface area contributed by atoms with Gasteiger partial charge in [0.25, 0.3) is 0 Å². The van der Waals surface area contributed by atoms with E-state index in [-0.39, 0.29) is 18.5 Å². The van der Waals surface area contributed by atoms with Gasteiger partial charge in [-0.15, -0.1) is 0 Å². The number of aryl methyl sites for hydroxylation is 2. The van der Waals surface area contributed by atoms with Crippen molar-refractivity contribution in [1.29, 1.82) is 0 Å². The van der Waals surface area contributed by atoms with Gasteiger partial charge in [0.1, 0.15) is 29.7 Å². The molecule has 0 spiro atoms. The molecule has 0 bridgehead atoms. The standard InChI is InChI=1S/C18H24N4O3/c1-12-19-13(2)22(20-12)11-18(23)21-9-5-6-16(21)15-10-14(24-3)7-8-17(15)25-4/h7-8,10,16H,5-6,9,11H2,1-4H3/t16-/m0/s1. The molecule has 1 aliphatic rings. The van der Waals surface area contributed by atoms with Gasteiger partial charge in [-0.3, -0.25) is 4.79 Å². The van der Waals surface area contributed by atoms with Crippen LogP contribution in [0.25, 0.3) is 0 Å². The number of benzene rings is 1. The van der Waals surface area contributed by atoms with Crippen molar-refractivity contribution in [2.75, 3.05) is 20.8 Å². The summed E-state index contributed by atoms with van der Waals surface area (Å²) >= 11 is 0. The lowest BCUT2D eigenvalue weighted by atomic mass is 10.0. The van der Waals surface area contributed by atoms with Gasteiger partial charge in [-0.05, 0) is 44.9 Å². The average molecular weight is 344 g/mol. The number of nitrogens with zero attached hydrogens (tertiary/aromatic N) is 4. The first kappa shape index (κ1) is 17.3. The van der Waals surface area contributed by atoms with Crippen LogP contribution in [0.5, 0.6) is 11.5 Å². The lowest BCUT2D eigenvalue weighted by Crippen LogP contribution is -2.34. The molecule has 134 valence electrons.